The van der Waals surface area contributed by atoms with Crippen LogP contribution in [0.5, 0.6) is 0 Å². The third-order valence-corrected chi connectivity index (χ3v) is 5.96. The van der Waals surface area contributed by atoms with Gasteiger partial charge in [-0.3, -0.25) is 14.5 Å². The second kappa shape index (κ2) is 7.25. The molecule has 0 radical (unpaired) electrons. The maximum Gasteiger partial charge on any atom is 0.323 e. The predicted molar refractivity (Wildman–Crippen MR) is 109 cm³/mol. The van der Waals surface area contributed by atoms with Crippen LogP contribution in [0.25, 0.3) is 11.3 Å². The zero-order valence-electron chi connectivity index (χ0n) is 16.5. The van der Waals surface area contributed by atoms with Gasteiger partial charge >= 0.3 is 5.97 Å². The largest absolute Gasteiger partial charge is 0.487 e. The number of halogens is 1. The summed E-state index contributed by atoms with van der Waals surface area (Å²) < 4.78 is 24.6. The summed E-state index contributed by atoms with van der Waals surface area (Å²) >= 11 is 0. The molecule has 0 aliphatic carbocycles. The average molecular weight is 408 g/mol. The van der Waals surface area contributed by atoms with E-state index in [1.54, 1.807) is 6.07 Å². The molecule has 0 bridgehead atoms. The molecule has 7 heteroatoms. The number of esters is 1. The highest BCUT2D eigenvalue weighted by Gasteiger charge is 2.34. The van der Waals surface area contributed by atoms with E-state index in [1.165, 1.54) is 19.2 Å². The van der Waals surface area contributed by atoms with Crippen LogP contribution in [0, 0.1) is 5.82 Å². The number of methoxy groups -OCH3 is 1. The molecule has 1 fully saturated rings. The number of ether oxygens (including phenoxy) is 2. The van der Waals surface area contributed by atoms with E-state index in [9.17, 15) is 14.0 Å². The Hall–Kier alpha value is -3.19. The third-order valence-electron chi connectivity index (χ3n) is 5.96. The van der Waals surface area contributed by atoms with Crippen LogP contribution in [-0.4, -0.2) is 36.5 Å². The molecule has 3 aliphatic rings. The van der Waals surface area contributed by atoms with Crippen LogP contribution in [0.4, 0.5) is 10.1 Å². The lowest BCUT2D eigenvalue weighted by molar-refractivity contribution is -0.146. The van der Waals surface area contributed by atoms with Crippen molar-refractivity contribution < 1.29 is 23.5 Å². The minimum Gasteiger partial charge on any atom is -0.487 e. The summed E-state index contributed by atoms with van der Waals surface area (Å²) in [5.74, 6) is -0.405. The van der Waals surface area contributed by atoms with Gasteiger partial charge < -0.3 is 14.8 Å². The van der Waals surface area contributed by atoms with E-state index >= 15 is 0 Å². The highest BCUT2D eigenvalue weighted by molar-refractivity contribution is 6.36. The topological polar surface area (TPSA) is 67.9 Å². The Kier molecular flexibility index (Phi) is 4.55. The fraction of sp³-hybridized carbons (Fsp3) is 0.304. The highest BCUT2D eigenvalue weighted by Crippen LogP contribution is 2.42. The lowest BCUT2D eigenvalue weighted by Crippen LogP contribution is -2.36. The van der Waals surface area contributed by atoms with E-state index in [0.717, 1.165) is 36.1 Å². The first-order chi connectivity index (χ1) is 14.5. The van der Waals surface area contributed by atoms with Gasteiger partial charge in [0.1, 0.15) is 24.2 Å². The van der Waals surface area contributed by atoms with Crippen LogP contribution in [0.3, 0.4) is 0 Å². The third kappa shape index (κ3) is 3.06. The Bertz CT molecular complexity index is 1090. The lowest BCUT2D eigenvalue weighted by Gasteiger charge is -2.22. The molecule has 3 heterocycles. The first kappa shape index (κ1) is 18.8. The van der Waals surface area contributed by atoms with Crippen LogP contribution in [-0.2, 0) is 32.2 Å². The van der Waals surface area contributed by atoms with Crippen LogP contribution >= 0.6 is 0 Å². The summed E-state index contributed by atoms with van der Waals surface area (Å²) in [6.45, 7) is 1.85. The average Bonchev–Trinajstić information content (AvgIpc) is 3.43. The smallest absolute Gasteiger partial charge is 0.323 e. The van der Waals surface area contributed by atoms with Crippen molar-refractivity contribution in [2.24, 2.45) is 0 Å². The zero-order chi connectivity index (χ0) is 20.8. The van der Waals surface area contributed by atoms with Gasteiger partial charge in [0.05, 0.1) is 12.7 Å². The quantitative estimate of drug-likeness (QED) is 0.624. The van der Waals surface area contributed by atoms with Gasteiger partial charge in [-0.1, -0.05) is 18.2 Å². The number of fused-ring (bicyclic) bond motifs is 2. The summed E-state index contributed by atoms with van der Waals surface area (Å²) in [7, 11) is 1.42. The number of anilines is 1. The molecule has 6 nitrogen and oxygen atoms in total. The highest BCUT2D eigenvalue weighted by atomic mass is 19.1. The van der Waals surface area contributed by atoms with E-state index < -0.39 is 5.82 Å². The SMILES string of the molecule is COC(=O)C1CCCN1Cc1ccc2c(c1)COC2=C1C(=O)Nc2ccc(F)cc21. The fourth-order valence-electron chi connectivity index (χ4n) is 4.54. The molecular weight excluding hydrogens is 387 g/mol. The van der Waals surface area contributed by atoms with Crippen molar-refractivity contribution in [1.82, 2.24) is 4.90 Å². The number of amides is 1. The van der Waals surface area contributed by atoms with Gasteiger partial charge in [0, 0.05) is 28.9 Å². The van der Waals surface area contributed by atoms with E-state index in [1.807, 2.05) is 12.1 Å². The molecule has 1 unspecified atom stereocenters. The Morgan fingerprint density at radius 1 is 1.27 bits per heavy atom. The molecule has 2 aromatic carbocycles. The molecule has 0 saturated carbocycles. The van der Waals surface area contributed by atoms with Crippen molar-refractivity contribution >= 4 is 28.9 Å². The minimum absolute atomic E-state index is 0.192. The number of likely N-dealkylation sites (tertiary alicyclic amines) is 1. The Balaban J connectivity index is 1.45. The molecule has 1 N–H and O–H groups in total. The molecule has 3 aliphatic heterocycles. The monoisotopic (exact) mass is 408 g/mol. The summed E-state index contributed by atoms with van der Waals surface area (Å²) in [5, 5.41) is 2.77. The normalized spacial score (nSPS) is 22.5. The van der Waals surface area contributed by atoms with Crippen LogP contribution < -0.4 is 5.32 Å². The second-order valence-electron chi connectivity index (χ2n) is 7.78. The van der Waals surface area contributed by atoms with Crippen molar-refractivity contribution in [2.45, 2.75) is 32.0 Å². The number of hydrogen-bond acceptors (Lipinski definition) is 5. The molecule has 1 atom stereocenters. The van der Waals surface area contributed by atoms with Crippen molar-refractivity contribution in [3.05, 3.63) is 64.5 Å². The first-order valence-corrected chi connectivity index (χ1v) is 9.97. The Morgan fingerprint density at radius 3 is 2.97 bits per heavy atom. The Labute approximate surface area is 173 Å². The summed E-state index contributed by atoms with van der Waals surface area (Å²) in [4.78, 5) is 26.7. The molecule has 0 spiro atoms. The molecule has 30 heavy (non-hydrogen) atoms. The standard InChI is InChI=1S/C23H21FN2O4/c1-29-23(28)19-3-2-8-26(19)11-13-4-6-16-14(9-13)12-30-21(16)20-17-10-15(24)5-7-18(17)25-22(20)27/h4-7,9-10,19H,2-3,8,11-12H2,1H3,(H,25,27). The number of carbonyl (C=O) groups excluding carboxylic acids is 2. The lowest BCUT2D eigenvalue weighted by atomic mass is 9.99. The molecule has 1 saturated heterocycles. The zero-order valence-corrected chi connectivity index (χ0v) is 16.5. The molecular formula is C23H21FN2O4. The van der Waals surface area contributed by atoms with Gasteiger partial charge in [-0.05, 0) is 43.1 Å². The van der Waals surface area contributed by atoms with Crippen LogP contribution in [0.1, 0.15) is 35.1 Å². The van der Waals surface area contributed by atoms with Crippen molar-refractivity contribution in [3.63, 3.8) is 0 Å². The predicted octanol–water partition coefficient (Wildman–Crippen LogP) is 3.31. The Morgan fingerprint density at radius 2 is 2.13 bits per heavy atom. The maximum absolute atomic E-state index is 13.8. The fourth-order valence-corrected chi connectivity index (χ4v) is 4.54. The number of nitrogens with zero attached hydrogens (tertiary/aromatic N) is 1. The molecule has 154 valence electrons. The van der Waals surface area contributed by atoms with E-state index in [-0.39, 0.29) is 17.9 Å². The van der Waals surface area contributed by atoms with Gasteiger partial charge in [0.15, 0.2) is 0 Å². The van der Waals surface area contributed by atoms with Gasteiger partial charge in [0.25, 0.3) is 5.91 Å². The van der Waals surface area contributed by atoms with Crippen molar-refractivity contribution in [2.75, 3.05) is 19.0 Å². The van der Waals surface area contributed by atoms with Gasteiger partial charge in [-0.15, -0.1) is 0 Å². The van der Waals surface area contributed by atoms with Crippen molar-refractivity contribution in [3.8, 4) is 0 Å². The molecule has 2 aromatic rings. The minimum atomic E-state index is -0.400. The molecule has 1 amide bonds. The first-order valence-electron chi connectivity index (χ1n) is 9.97. The number of carbonyl (C=O) groups is 2. The van der Waals surface area contributed by atoms with E-state index in [2.05, 4.69) is 16.3 Å². The number of hydrogen-bond donors (Lipinski definition) is 1. The van der Waals surface area contributed by atoms with Gasteiger partial charge in [-0.2, -0.15) is 0 Å². The second-order valence-corrected chi connectivity index (χ2v) is 7.78. The summed E-state index contributed by atoms with van der Waals surface area (Å²) in [6, 6.07) is 10.0. The number of benzene rings is 2. The summed E-state index contributed by atoms with van der Waals surface area (Å²) in [5.41, 5.74) is 4.35. The van der Waals surface area contributed by atoms with Crippen LogP contribution in [0.2, 0.25) is 0 Å². The van der Waals surface area contributed by atoms with Gasteiger partial charge in [0.2, 0.25) is 0 Å². The van der Waals surface area contributed by atoms with Crippen molar-refractivity contribution in [1.29, 1.82) is 0 Å². The van der Waals surface area contributed by atoms with E-state index in [0.29, 0.717) is 35.7 Å². The van der Waals surface area contributed by atoms with Gasteiger partial charge in [-0.25, -0.2) is 4.39 Å². The van der Waals surface area contributed by atoms with E-state index in [4.69, 9.17) is 9.47 Å². The molecule has 0 aromatic heterocycles. The molecule has 5 rings (SSSR count). The summed E-state index contributed by atoms with van der Waals surface area (Å²) in [6.07, 6.45) is 1.77. The number of rotatable bonds is 3. The van der Waals surface area contributed by atoms with Crippen LogP contribution in [0.15, 0.2) is 36.4 Å². The number of nitrogens with one attached hydrogen (secondary N) is 1. The maximum atomic E-state index is 13.8.